The van der Waals surface area contributed by atoms with Crippen molar-refractivity contribution >= 4 is 32.8 Å². The van der Waals surface area contributed by atoms with Gasteiger partial charge in [0.1, 0.15) is 0 Å². The highest BCUT2D eigenvalue weighted by molar-refractivity contribution is 7.54. The normalized spacial score (nSPS) is 13.4. The van der Waals surface area contributed by atoms with Crippen molar-refractivity contribution in [3.05, 3.63) is 75.9 Å². The van der Waals surface area contributed by atoms with Gasteiger partial charge in [-0.05, 0) is 39.3 Å². The van der Waals surface area contributed by atoms with E-state index in [2.05, 4.69) is 39.5 Å². The maximum absolute atomic E-state index is 14.1. The first-order chi connectivity index (χ1) is 13.2. The van der Waals surface area contributed by atoms with E-state index in [1.54, 1.807) is 36.5 Å². The average molecular weight is 471 g/mol. The molecule has 0 aromatic heterocycles. The minimum atomic E-state index is -3.93. The van der Waals surface area contributed by atoms with E-state index in [0.717, 1.165) is 0 Å². The summed E-state index contributed by atoms with van der Waals surface area (Å²) in [5.41, 5.74) is -0.328. The predicted octanol–water partition coefficient (Wildman–Crippen LogP) is 7.99. The fourth-order valence-electron chi connectivity index (χ4n) is 3.09. The average Bonchev–Trinajstić information content (AvgIpc) is 2.54. The smallest absolute Gasteiger partial charge is 0.330 e. The summed E-state index contributed by atoms with van der Waals surface area (Å²) in [5, 5.41) is 0. The second-order valence-electron chi connectivity index (χ2n) is 8.52. The van der Waals surface area contributed by atoms with Crippen LogP contribution in [0.25, 0.3) is 0 Å². The molecular weight excluding hydrogens is 431 g/mol. The van der Waals surface area contributed by atoms with Crippen LogP contribution in [0.3, 0.4) is 0 Å². The van der Waals surface area contributed by atoms with Gasteiger partial charge in [-0.3, -0.25) is 0 Å². The van der Waals surface area contributed by atoms with Crippen molar-refractivity contribution in [2.45, 2.75) is 55.9 Å². The molecule has 0 atom stereocenters. The molecule has 0 amide bonds. The quantitative estimate of drug-likeness (QED) is 0.138. The molecule has 0 N–H and O–H groups in total. The molecule has 0 unspecified atom stereocenters. The number of phosphoric acid groups is 1. The molecule has 0 aliphatic heterocycles. The lowest BCUT2D eigenvalue weighted by Crippen LogP contribution is -2.42. The summed E-state index contributed by atoms with van der Waals surface area (Å²) in [6, 6.07) is 0. The Kier molecular flexibility index (Phi) is 10.7. The summed E-state index contributed by atoms with van der Waals surface area (Å²) < 4.78 is 32.9. The molecule has 0 aromatic carbocycles. The van der Waals surface area contributed by atoms with E-state index in [1.165, 1.54) is 0 Å². The topological polar surface area (TPSA) is 44.8 Å². The molecule has 4 nitrogen and oxygen atoms in total. The maximum atomic E-state index is 14.1. The van der Waals surface area contributed by atoms with Crippen LogP contribution >= 0.6 is 7.82 Å². The second kappa shape index (κ2) is 11.0. The Balaban J connectivity index is 6.27. The van der Waals surface area contributed by atoms with Gasteiger partial charge in [0.25, 0.3) is 0 Å². The van der Waals surface area contributed by atoms with E-state index < -0.39 is 32.8 Å². The van der Waals surface area contributed by atoms with Crippen LogP contribution in [0.4, 0.5) is 0 Å². The van der Waals surface area contributed by atoms with Gasteiger partial charge >= 0.3 is 7.82 Å². The number of rotatable bonds is 15. The van der Waals surface area contributed by atoms with Crippen LogP contribution in [0, 0.1) is 0 Å². The first-order valence-corrected chi connectivity index (χ1v) is 20.1. The lowest BCUT2D eigenvalue weighted by Gasteiger charge is -2.40. The second-order valence-corrected chi connectivity index (χ2v) is 23.2. The first kappa shape index (κ1) is 28.2. The van der Waals surface area contributed by atoms with Crippen molar-refractivity contribution in [2.75, 3.05) is 0 Å². The summed E-state index contributed by atoms with van der Waals surface area (Å²) >= 11 is 0. The Morgan fingerprint density at radius 1 is 0.552 bits per heavy atom. The molecule has 0 rings (SSSR count). The van der Waals surface area contributed by atoms with E-state index in [-0.39, 0.29) is 16.6 Å². The third kappa shape index (κ3) is 7.75. The fraction of sp³-hybridized carbons (Fsp3) is 0.429. The van der Waals surface area contributed by atoms with Gasteiger partial charge in [0.2, 0.25) is 25.0 Å². The fourth-order valence-corrected chi connectivity index (χ4v) is 16.3. The molecule has 0 radical (unpaired) electrons. The van der Waals surface area contributed by atoms with Gasteiger partial charge in [-0.1, -0.05) is 36.5 Å². The first-order valence-electron chi connectivity index (χ1n) is 9.66. The highest BCUT2D eigenvalue weighted by Crippen LogP contribution is 2.59. The van der Waals surface area contributed by atoms with Gasteiger partial charge in [-0.25, -0.2) is 4.57 Å². The minimum Gasteiger partial charge on any atom is -0.330 e. The monoisotopic (exact) mass is 470 g/mol. The highest BCUT2D eigenvalue weighted by atomic mass is 31.2. The van der Waals surface area contributed by atoms with Crippen LogP contribution in [0.1, 0.15) is 0 Å². The van der Waals surface area contributed by atoms with Crippen LogP contribution in [0.2, 0.25) is 55.9 Å². The molecule has 0 saturated heterocycles. The van der Waals surface area contributed by atoms with Crippen molar-refractivity contribution in [1.82, 2.24) is 0 Å². The Labute approximate surface area is 181 Å². The van der Waals surface area contributed by atoms with E-state index in [0.29, 0.717) is 0 Å². The van der Waals surface area contributed by atoms with E-state index in [4.69, 9.17) is 12.6 Å². The van der Waals surface area contributed by atoms with E-state index >= 15 is 0 Å². The molecule has 0 aliphatic carbocycles. The van der Waals surface area contributed by atoms with Gasteiger partial charge < -0.3 is 12.6 Å². The third-order valence-electron chi connectivity index (χ3n) is 4.97. The summed E-state index contributed by atoms with van der Waals surface area (Å²) in [6.45, 7) is 34.9. The van der Waals surface area contributed by atoms with Crippen molar-refractivity contribution in [2.24, 2.45) is 0 Å². The zero-order valence-electron chi connectivity index (χ0n) is 19.0. The van der Waals surface area contributed by atoms with Gasteiger partial charge in [-0.15, -0.1) is 39.5 Å². The van der Waals surface area contributed by atoms with Gasteiger partial charge in [0.15, 0.2) is 0 Å². The summed E-state index contributed by atoms with van der Waals surface area (Å²) in [7, 11) is -11.7. The van der Waals surface area contributed by atoms with Crippen molar-refractivity contribution in [3.8, 4) is 0 Å². The zero-order valence-corrected chi connectivity index (χ0v) is 22.9. The summed E-state index contributed by atoms with van der Waals surface area (Å²) in [4.78, 5) is 0. The SMILES string of the molecule is C=CC(C=C)[Si](C)(C)OP(=O)(O[Si](C)(C)C(C=C)C=C)O[Si](C)(C)C(C=C)C=C. The van der Waals surface area contributed by atoms with Crippen LogP contribution in [-0.2, 0) is 17.2 Å². The lowest BCUT2D eigenvalue weighted by atomic mass is 10.4. The van der Waals surface area contributed by atoms with Crippen LogP contribution in [0.5, 0.6) is 0 Å². The van der Waals surface area contributed by atoms with E-state index in [9.17, 15) is 4.57 Å². The molecule has 0 saturated carbocycles. The predicted molar refractivity (Wildman–Crippen MR) is 136 cm³/mol. The van der Waals surface area contributed by atoms with Gasteiger partial charge in [-0.2, -0.15) is 0 Å². The molecule has 29 heavy (non-hydrogen) atoms. The van der Waals surface area contributed by atoms with Crippen molar-refractivity contribution < 1.29 is 17.2 Å². The van der Waals surface area contributed by atoms with Gasteiger partial charge in [0, 0.05) is 16.6 Å². The Morgan fingerprint density at radius 3 is 0.862 bits per heavy atom. The largest absolute Gasteiger partial charge is 0.445 e. The number of allylic oxidation sites excluding steroid dienone is 6. The third-order valence-corrected chi connectivity index (χ3v) is 19.5. The highest BCUT2D eigenvalue weighted by Gasteiger charge is 2.49. The molecular formula is C21H39O4PSi3. The molecule has 0 spiro atoms. The van der Waals surface area contributed by atoms with E-state index in [1.807, 2.05) is 39.3 Å². The van der Waals surface area contributed by atoms with Crippen LogP contribution in [0.15, 0.2) is 75.9 Å². The van der Waals surface area contributed by atoms with Crippen LogP contribution in [-0.4, -0.2) is 25.0 Å². The molecule has 0 fully saturated rings. The number of hydrogen-bond acceptors (Lipinski definition) is 4. The minimum absolute atomic E-state index is 0.109. The van der Waals surface area contributed by atoms with Crippen molar-refractivity contribution in [3.63, 3.8) is 0 Å². The molecule has 164 valence electrons. The Bertz CT molecular complexity index is 571. The molecule has 0 bridgehead atoms. The molecule has 8 heteroatoms. The lowest BCUT2D eigenvalue weighted by molar-refractivity contribution is 0.287. The van der Waals surface area contributed by atoms with Crippen LogP contribution < -0.4 is 0 Å². The molecule has 0 heterocycles. The Hall–Kier alpha value is -0.799. The summed E-state index contributed by atoms with van der Waals surface area (Å²) in [5.74, 6) is 0. The zero-order chi connectivity index (χ0) is 23.1. The van der Waals surface area contributed by atoms with Gasteiger partial charge in [0.05, 0.1) is 0 Å². The Morgan fingerprint density at radius 2 is 0.724 bits per heavy atom. The summed E-state index contributed by atoms with van der Waals surface area (Å²) in [6.07, 6.45) is 10.6. The maximum Gasteiger partial charge on any atom is 0.445 e. The standard InChI is InChI=1S/C21H39O4PSi3/c1-13-19(14-2)27(7,8)23-26(22,24-28(9,10)20(15-3)16-4)25-29(11,12)21(17-5)18-6/h13-21H,1-6H2,7-12H3. The molecule has 0 aliphatic rings. The number of hydrogen-bond donors (Lipinski definition) is 0. The molecule has 0 aromatic rings. The van der Waals surface area contributed by atoms with Crippen molar-refractivity contribution in [1.29, 1.82) is 0 Å².